The second-order valence-corrected chi connectivity index (χ2v) is 7.89. The lowest BCUT2D eigenvalue weighted by molar-refractivity contribution is 0.0527. The summed E-state index contributed by atoms with van der Waals surface area (Å²) in [6, 6.07) is 9.45. The van der Waals surface area contributed by atoms with Crippen LogP contribution in [0.1, 0.15) is 44.9 Å². The van der Waals surface area contributed by atoms with Crippen molar-refractivity contribution < 1.29 is 14.3 Å². The molecule has 0 saturated heterocycles. The Bertz CT molecular complexity index is 817. The van der Waals surface area contributed by atoms with Crippen LogP contribution in [0.2, 0.25) is 0 Å². The van der Waals surface area contributed by atoms with Gasteiger partial charge < -0.3 is 25.8 Å². The Kier molecular flexibility index (Phi) is 7.70. The maximum atomic E-state index is 11.6. The third kappa shape index (κ3) is 7.18. The van der Waals surface area contributed by atoms with E-state index in [9.17, 15) is 4.79 Å². The highest BCUT2D eigenvalue weighted by molar-refractivity contribution is 5.75. The van der Waals surface area contributed by atoms with E-state index in [1.165, 1.54) is 0 Å². The van der Waals surface area contributed by atoms with Gasteiger partial charge in [-0.2, -0.15) is 0 Å². The first-order chi connectivity index (χ1) is 13.7. The maximum Gasteiger partial charge on any atom is 0.407 e. The molecular weight excluding hydrogens is 368 g/mol. The van der Waals surface area contributed by atoms with Gasteiger partial charge in [0, 0.05) is 18.8 Å². The summed E-state index contributed by atoms with van der Waals surface area (Å²) >= 11 is 0. The van der Waals surface area contributed by atoms with Gasteiger partial charge in [0.2, 0.25) is 5.88 Å². The van der Waals surface area contributed by atoms with Gasteiger partial charge in [0.05, 0.1) is 5.69 Å². The van der Waals surface area contributed by atoms with Crippen molar-refractivity contribution in [3.63, 3.8) is 0 Å². The quantitative estimate of drug-likeness (QED) is 0.551. The Morgan fingerprint density at radius 1 is 1.10 bits per heavy atom. The Balaban J connectivity index is 1.88. The van der Waals surface area contributed by atoms with Crippen LogP contribution < -0.4 is 21.1 Å². The number of hydrogen-bond acceptors (Lipinski definition) is 6. The lowest BCUT2D eigenvalue weighted by Gasteiger charge is -2.19. The highest BCUT2D eigenvalue weighted by atomic mass is 16.6. The van der Waals surface area contributed by atoms with Crippen molar-refractivity contribution in [1.82, 2.24) is 10.3 Å². The van der Waals surface area contributed by atoms with Gasteiger partial charge in [-0.05, 0) is 65.2 Å². The predicted molar refractivity (Wildman–Crippen MR) is 117 cm³/mol. The van der Waals surface area contributed by atoms with E-state index >= 15 is 0 Å². The molecule has 1 amide bonds. The van der Waals surface area contributed by atoms with Gasteiger partial charge in [-0.25, -0.2) is 9.78 Å². The van der Waals surface area contributed by atoms with Crippen LogP contribution >= 0.6 is 0 Å². The number of nitrogen functional groups attached to an aromatic ring is 1. The maximum absolute atomic E-state index is 11.6. The molecule has 0 unspecified atom stereocenters. The summed E-state index contributed by atoms with van der Waals surface area (Å²) in [5.41, 5.74) is 9.01. The first-order valence-electron chi connectivity index (χ1n) is 9.87. The number of pyridine rings is 1. The van der Waals surface area contributed by atoms with E-state index in [1.807, 2.05) is 65.0 Å². The molecule has 4 N–H and O–H groups in total. The van der Waals surface area contributed by atoms with Gasteiger partial charge in [0.25, 0.3) is 0 Å². The van der Waals surface area contributed by atoms with Crippen LogP contribution in [0.25, 0.3) is 0 Å². The van der Waals surface area contributed by atoms with Crippen molar-refractivity contribution in [1.29, 1.82) is 0 Å². The summed E-state index contributed by atoms with van der Waals surface area (Å²) in [5, 5.41) is 6.15. The van der Waals surface area contributed by atoms with Gasteiger partial charge in [-0.15, -0.1) is 0 Å². The minimum absolute atomic E-state index is 0.391. The van der Waals surface area contributed by atoms with Crippen molar-refractivity contribution in [3.05, 3.63) is 41.6 Å². The summed E-state index contributed by atoms with van der Waals surface area (Å²) in [6.07, 6.45) is 1.30. The molecule has 7 heteroatoms. The number of aryl methyl sites for hydroxylation is 1. The van der Waals surface area contributed by atoms with Crippen molar-refractivity contribution in [2.75, 3.05) is 24.1 Å². The standard InChI is InChI=1S/C22H32N4O3/c1-15-16(2)26-20(28-17-11-7-6-8-12-17)18(23)19(15)24-13-9-10-14-25-21(27)29-22(3,4)5/h6-8,11-12H,9-10,13-14,23H2,1-5H3,(H,24,26)(H,25,27). The summed E-state index contributed by atoms with van der Waals surface area (Å²) in [6.45, 7) is 10.7. The fraction of sp³-hybridized carbons (Fsp3) is 0.455. The van der Waals surface area contributed by atoms with E-state index in [0.29, 0.717) is 23.9 Å². The van der Waals surface area contributed by atoms with Crippen molar-refractivity contribution >= 4 is 17.5 Å². The normalized spacial score (nSPS) is 11.1. The number of rotatable bonds is 8. The zero-order valence-electron chi connectivity index (χ0n) is 18.0. The summed E-state index contributed by atoms with van der Waals surface area (Å²) in [7, 11) is 0. The highest BCUT2D eigenvalue weighted by Crippen LogP contribution is 2.35. The smallest absolute Gasteiger partial charge is 0.407 e. The third-order valence-electron chi connectivity index (χ3n) is 4.22. The number of nitrogens with zero attached hydrogens (tertiary/aromatic N) is 1. The molecule has 0 aliphatic carbocycles. The number of carbonyl (C=O) groups excluding carboxylic acids is 1. The zero-order valence-corrected chi connectivity index (χ0v) is 18.0. The van der Waals surface area contributed by atoms with Crippen LogP contribution in [-0.4, -0.2) is 29.8 Å². The molecule has 0 saturated carbocycles. The summed E-state index contributed by atoms with van der Waals surface area (Å²) < 4.78 is 11.1. The number of amides is 1. The number of unbranched alkanes of at least 4 members (excludes halogenated alkanes) is 1. The minimum atomic E-state index is -0.487. The molecule has 158 valence electrons. The number of anilines is 2. The van der Waals surface area contributed by atoms with Crippen LogP contribution in [0.5, 0.6) is 11.6 Å². The topological polar surface area (TPSA) is 98.5 Å². The van der Waals surface area contributed by atoms with E-state index in [4.69, 9.17) is 15.2 Å². The average molecular weight is 401 g/mol. The Hall–Kier alpha value is -2.96. The molecule has 0 aliphatic rings. The Morgan fingerprint density at radius 3 is 2.41 bits per heavy atom. The highest BCUT2D eigenvalue weighted by Gasteiger charge is 2.16. The lowest BCUT2D eigenvalue weighted by Crippen LogP contribution is -2.33. The molecule has 2 aromatic rings. The first kappa shape index (κ1) is 22.3. The fourth-order valence-corrected chi connectivity index (χ4v) is 2.66. The number of nitrogens with one attached hydrogen (secondary N) is 2. The summed E-state index contributed by atoms with van der Waals surface area (Å²) in [5.74, 6) is 1.09. The molecule has 2 rings (SSSR count). The molecule has 0 spiro atoms. The number of carbonyl (C=O) groups is 1. The van der Waals surface area contributed by atoms with E-state index in [2.05, 4.69) is 15.6 Å². The largest absolute Gasteiger partial charge is 0.444 e. The van der Waals surface area contributed by atoms with Gasteiger partial charge in [-0.1, -0.05) is 18.2 Å². The second kappa shape index (κ2) is 10.0. The van der Waals surface area contributed by atoms with Crippen molar-refractivity contribution in [3.8, 4) is 11.6 Å². The molecule has 0 radical (unpaired) electrons. The van der Waals surface area contributed by atoms with E-state index in [0.717, 1.165) is 36.3 Å². The summed E-state index contributed by atoms with van der Waals surface area (Å²) in [4.78, 5) is 16.1. The van der Waals surface area contributed by atoms with Gasteiger partial charge in [0.1, 0.15) is 17.0 Å². The number of ether oxygens (including phenoxy) is 2. The molecule has 1 heterocycles. The van der Waals surface area contributed by atoms with Crippen LogP contribution in [0.3, 0.4) is 0 Å². The molecule has 0 bridgehead atoms. The molecule has 7 nitrogen and oxygen atoms in total. The van der Waals surface area contributed by atoms with Crippen molar-refractivity contribution in [2.24, 2.45) is 0 Å². The van der Waals surface area contributed by atoms with Crippen LogP contribution in [0.15, 0.2) is 30.3 Å². The molecule has 1 aromatic carbocycles. The number of nitrogens with two attached hydrogens (primary N) is 1. The lowest BCUT2D eigenvalue weighted by atomic mass is 10.1. The third-order valence-corrected chi connectivity index (χ3v) is 4.22. The van der Waals surface area contributed by atoms with E-state index in [1.54, 1.807) is 0 Å². The van der Waals surface area contributed by atoms with Crippen LogP contribution in [0, 0.1) is 13.8 Å². The van der Waals surface area contributed by atoms with E-state index in [-0.39, 0.29) is 0 Å². The number of benzene rings is 1. The molecule has 0 fully saturated rings. The predicted octanol–water partition coefficient (Wildman–Crippen LogP) is 4.79. The first-order valence-corrected chi connectivity index (χ1v) is 9.87. The van der Waals surface area contributed by atoms with Gasteiger partial charge in [0.15, 0.2) is 0 Å². The van der Waals surface area contributed by atoms with E-state index < -0.39 is 11.7 Å². The molecule has 0 aliphatic heterocycles. The van der Waals surface area contributed by atoms with Gasteiger partial charge in [-0.3, -0.25) is 0 Å². The van der Waals surface area contributed by atoms with Crippen LogP contribution in [0.4, 0.5) is 16.2 Å². The van der Waals surface area contributed by atoms with Crippen molar-refractivity contribution in [2.45, 2.75) is 53.1 Å². The average Bonchev–Trinajstić information content (AvgIpc) is 2.64. The molecule has 1 aromatic heterocycles. The Labute approximate surface area is 173 Å². The zero-order chi connectivity index (χ0) is 21.4. The molecular formula is C22H32N4O3. The monoisotopic (exact) mass is 400 g/mol. The molecule has 29 heavy (non-hydrogen) atoms. The number of hydrogen-bond donors (Lipinski definition) is 3. The van der Waals surface area contributed by atoms with Gasteiger partial charge >= 0.3 is 6.09 Å². The van der Waals surface area contributed by atoms with Crippen LogP contribution in [-0.2, 0) is 4.74 Å². The fourth-order valence-electron chi connectivity index (χ4n) is 2.66. The number of alkyl carbamates (subject to hydrolysis) is 1. The number of aromatic nitrogens is 1. The molecule has 0 atom stereocenters. The second-order valence-electron chi connectivity index (χ2n) is 7.89. The minimum Gasteiger partial charge on any atom is -0.444 e. The SMILES string of the molecule is Cc1nc(Oc2ccccc2)c(N)c(NCCCCNC(=O)OC(C)(C)C)c1C. The number of para-hydroxylation sites is 1. The Morgan fingerprint density at radius 2 is 1.76 bits per heavy atom.